The predicted molar refractivity (Wildman–Crippen MR) is 130 cm³/mol. The standard InChI is InChI=1S/C27H28N4O3/c32-24(10-9-18-5-1-2-6-18)31-17-21-8-4-3-7-19(21)14-23(31)16-30-26(33)22-13-20-11-12-28-27(34)25(20)29-15-22/h3-4,7-13,15,18,23H,1-2,5-6,14,16-17H2,(H,28,34)(H,30,33)/b10-9+. The molecule has 7 nitrogen and oxygen atoms in total. The van der Waals surface area contributed by atoms with Crippen LogP contribution >= 0.6 is 0 Å². The van der Waals surface area contributed by atoms with E-state index in [1.807, 2.05) is 17.0 Å². The largest absolute Gasteiger partial charge is 0.350 e. The van der Waals surface area contributed by atoms with Gasteiger partial charge in [-0.1, -0.05) is 43.2 Å². The second kappa shape index (κ2) is 9.63. The summed E-state index contributed by atoms with van der Waals surface area (Å²) in [5.74, 6) is 0.210. The summed E-state index contributed by atoms with van der Waals surface area (Å²) in [6.45, 7) is 0.869. The minimum absolute atomic E-state index is 0.00718. The van der Waals surface area contributed by atoms with Gasteiger partial charge < -0.3 is 15.2 Å². The minimum atomic E-state index is -0.287. The first-order valence-electron chi connectivity index (χ1n) is 11.9. The third-order valence-electron chi connectivity index (χ3n) is 6.92. The normalized spacial score (nSPS) is 18.4. The van der Waals surface area contributed by atoms with Crippen molar-refractivity contribution in [2.24, 2.45) is 5.92 Å². The molecule has 7 heteroatoms. The molecular weight excluding hydrogens is 428 g/mol. The van der Waals surface area contributed by atoms with Crippen LogP contribution in [0.3, 0.4) is 0 Å². The van der Waals surface area contributed by atoms with Crippen molar-refractivity contribution in [3.05, 3.63) is 88.0 Å². The van der Waals surface area contributed by atoms with Crippen LogP contribution in [0.1, 0.15) is 47.2 Å². The van der Waals surface area contributed by atoms with Crippen molar-refractivity contribution in [2.45, 2.75) is 44.7 Å². The highest BCUT2D eigenvalue weighted by atomic mass is 16.2. The van der Waals surface area contributed by atoms with Gasteiger partial charge in [-0.3, -0.25) is 14.4 Å². The number of carbonyl (C=O) groups is 2. The zero-order valence-corrected chi connectivity index (χ0v) is 19.0. The molecule has 2 N–H and O–H groups in total. The number of nitrogens with zero attached hydrogens (tertiary/aromatic N) is 2. The van der Waals surface area contributed by atoms with Crippen LogP contribution in [0, 0.1) is 5.92 Å². The summed E-state index contributed by atoms with van der Waals surface area (Å²) in [6.07, 6.45) is 12.2. The Labute approximate surface area is 197 Å². The highest BCUT2D eigenvalue weighted by Gasteiger charge is 2.29. The fourth-order valence-corrected chi connectivity index (χ4v) is 5.00. The molecule has 1 unspecified atom stereocenters. The van der Waals surface area contributed by atoms with E-state index in [0.717, 1.165) is 18.4 Å². The first-order chi connectivity index (χ1) is 16.6. The highest BCUT2D eigenvalue weighted by Crippen LogP contribution is 2.27. The van der Waals surface area contributed by atoms with Gasteiger partial charge in [-0.2, -0.15) is 0 Å². The van der Waals surface area contributed by atoms with Gasteiger partial charge in [0.15, 0.2) is 0 Å². The van der Waals surface area contributed by atoms with E-state index in [1.54, 1.807) is 18.2 Å². The second-order valence-corrected chi connectivity index (χ2v) is 9.18. The van der Waals surface area contributed by atoms with Crippen LogP contribution in [0.5, 0.6) is 0 Å². The molecule has 1 fully saturated rings. The molecule has 2 amide bonds. The summed E-state index contributed by atoms with van der Waals surface area (Å²) in [4.78, 5) is 46.5. The third kappa shape index (κ3) is 4.64. The van der Waals surface area contributed by atoms with E-state index in [2.05, 4.69) is 33.5 Å². The van der Waals surface area contributed by atoms with E-state index in [9.17, 15) is 14.4 Å². The number of allylic oxidation sites excluding steroid dienone is 1. The number of nitrogens with one attached hydrogen (secondary N) is 2. The Balaban J connectivity index is 1.32. The lowest BCUT2D eigenvalue weighted by Gasteiger charge is -2.36. The van der Waals surface area contributed by atoms with Crippen LogP contribution in [-0.2, 0) is 17.8 Å². The van der Waals surface area contributed by atoms with Crippen LogP contribution < -0.4 is 10.9 Å². The van der Waals surface area contributed by atoms with E-state index < -0.39 is 0 Å². The van der Waals surface area contributed by atoms with E-state index in [1.165, 1.54) is 30.8 Å². The van der Waals surface area contributed by atoms with Crippen molar-refractivity contribution in [3.8, 4) is 0 Å². The van der Waals surface area contributed by atoms with E-state index in [0.29, 0.717) is 41.9 Å². The quantitative estimate of drug-likeness (QED) is 0.576. The number of carbonyl (C=O) groups excluding carboxylic acids is 2. The smallest absolute Gasteiger partial charge is 0.274 e. The van der Waals surface area contributed by atoms with Crippen molar-refractivity contribution >= 4 is 22.7 Å². The second-order valence-electron chi connectivity index (χ2n) is 9.18. The van der Waals surface area contributed by atoms with Gasteiger partial charge in [-0.25, -0.2) is 4.98 Å². The van der Waals surface area contributed by atoms with Crippen molar-refractivity contribution in [1.29, 1.82) is 0 Å². The summed E-state index contributed by atoms with van der Waals surface area (Å²) in [7, 11) is 0. The van der Waals surface area contributed by atoms with Gasteiger partial charge in [-0.15, -0.1) is 0 Å². The SMILES string of the molecule is O=C(NCC1Cc2ccccc2CN1C(=O)/C=C/C1CCCC1)c1cnc2c(=O)[nH]ccc2c1. The number of H-pyrrole nitrogens is 1. The Kier molecular flexibility index (Phi) is 6.25. The first kappa shape index (κ1) is 22.1. The summed E-state index contributed by atoms with van der Waals surface area (Å²) in [5, 5.41) is 3.59. The Morgan fingerprint density at radius 2 is 1.94 bits per heavy atom. The number of aromatic nitrogens is 2. The summed E-state index contributed by atoms with van der Waals surface area (Å²) >= 11 is 0. The molecule has 0 spiro atoms. The monoisotopic (exact) mass is 456 g/mol. The molecule has 3 heterocycles. The maximum Gasteiger partial charge on any atom is 0.274 e. The summed E-state index contributed by atoms with van der Waals surface area (Å²) < 4.78 is 0. The van der Waals surface area contributed by atoms with Gasteiger partial charge in [0.05, 0.1) is 11.6 Å². The van der Waals surface area contributed by atoms with Crippen molar-refractivity contribution in [3.63, 3.8) is 0 Å². The van der Waals surface area contributed by atoms with Crippen LogP contribution in [0.25, 0.3) is 10.9 Å². The number of aromatic amines is 1. The fraction of sp³-hybridized carbons (Fsp3) is 0.333. The summed E-state index contributed by atoms with van der Waals surface area (Å²) in [5.41, 5.74) is 2.75. The number of benzene rings is 1. The molecule has 1 aliphatic carbocycles. The van der Waals surface area contributed by atoms with Gasteiger partial charge >= 0.3 is 0 Å². The molecule has 174 valence electrons. The van der Waals surface area contributed by atoms with Gasteiger partial charge in [0.25, 0.3) is 11.5 Å². The zero-order valence-electron chi connectivity index (χ0n) is 19.0. The highest BCUT2D eigenvalue weighted by molar-refractivity contribution is 5.97. The topological polar surface area (TPSA) is 95.2 Å². The molecule has 2 aromatic heterocycles. The van der Waals surface area contributed by atoms with Gasteiger partial charge in [0.2, 0.25) is 5.91 Å². The molecule has 0 saturated heterocycles. The maximum absolute atomic E-state index is 13.2. The molecule has 5 rings (SSSR count). The molecule has 34 heavy (non-hydrogen) atoms. The van der Waals surface area contributed by atoms with E-state index in [-0.39, 0.29) is 23.4 Å². The molecule has 1 atom stereocenters. The zero-order chi connectivity index (χ0) is 23.5. The molecule has 2 aliphatic rings. The number of rotatable bonds is 5. The van der Waals surface area contributed by atoms with Crippen molar-refractivity contribution < 1.29 is 9.59 Å². The average molecular weight is 457 g/mol. The third-order valence-corrected chi connectivity index (χ3v) is 6.92. The molecule has 1 saturated carbocycles. The number of fused-ring (bicyclic) bond motifs is 2. The van der Waals surface area contributed by atoms with Crippen molar-refractivity contribution in [1.82, 2.24) is 20.2 Å². The predicted octanol–water partition coefficient (Wildman–Crippen LogP) is 3.35. The molecule has 0 bridgehead atoms. The lowest BCUT2D eigenvalue weighted by atomic mass is 9.93. The Morgan fingerprint density at radius 1 is 1.15 bits per heavy atom. The minimum Gasteiger partial charge on any atom is -0.350 e. The van der Waals surface area contributed by atoms with E-state index in [4.69, 9.17) is 0 Å². The fourth-order valence-electron chi connectivity index (χ4n) is 5.00. The number of amides is 2. The van der Waals surface area contributed by atoms with Crippen LogP contribution in [0.4, 0.5) is 0 Å². The Bertz CT molecular complexity index is 1310. The first-order valence-corrected chi connectivity index (χ1v) is 11.9. The van der Waals surface area contributed by atoms with Crippen molar-refractivity contribution in [2.75, 3.05) is 6.54 Å². The molecule has 1 aliphatic heterocycles. The lowest BCUT2D eigenvalue weighted by Crippen LogP contribution is -2.49. The Hall–Kier alpha value is -3.74. The maximum atomic E-state index is 13.2. The molecule has 1 aromatic carbocycles. The summed E-state index contributed by atoms with van der Waals surface area (Å²) in [6, 6.07) is 11.4. The molecular formula is C27H28N4O3. The van der Waals surface area contributed by atoms with E-state index >= 15 is 0 Å². The number of pyridine rings is 2. The molecule has 3 aromatic rings. The van der Waals surface area contributed by atoms with Gasteiger partial charge in [0, 0.05) is 30.9 Å². The van der Waals surface area contributed by atoms with Crippen LogP contribution in [0.15, 0.2) is 65.7 Å². The average Bonchev–Trinajstić information content (AvgIpc) is 3.39. The molecule has 0 radical (unpaired) electrons. The van der Waals surface area contributed by atoms with Gasteiger partial charge in [0.1, 0.15) is 5.52 Å². The lowest BCUT2D eigenvalue weighted by molar-refractivity contribution is -0.129. The van der Waals surface area contributed by atoms with Crippen LogP contribution in [0.2, 0.25) is 0 Å². The van der Waals surface area contributed by atoms with Gasteiger partial charge in [-0.05, 0) is 54.5 Å². The number of hydrogen-bond donors (Lipinski definition) is 2. The number of hydrogen-bond acceptors (Lipinski definition) is 4. The van der Waals surface area contributed by atoms with Crippen LogP contribution in [-0.4, -0.2) is 39.3 Å². The Morgan fingerprint density at radius 3 is 2.76 bits per heavy atom.